The first-order valence-electron chi connectivity index (χ1n) is 5.50. The molecule has 0 heterocycles. The quantitative estimate of drug-likeness (QED) is 0.533. The van der Waals surface area contributed by atoms with Crippen molar-refractivity contribution in [2.45, 2.75) is 18.9 Å². The van der Waals surface area contributed by atoms with Crippen molar-refractivity contribution >= 4 is 11.8 Å². The number of thioether (sulfide) groups is 1. The van der Waals surface area contributed by atoms with E-state index in [0.29, 0.717) is 0 Å². The Bertz CT molecular complexity index is 224. The number of rotatable bonds is 6. The molecule has 0 bridgehead atoms. The fraction of sp³-hybridized carbons (Fsp3) is 0.667. The molecule has 0 saturated heterocycles. The maximum Gasteiger partial charge on any atom is 0.0136 e. The first-order chi connectivity index (χ1) is 6.92. The zero-order valence-corrected chi connectivity index (χ0v) is 9.43. The number of nitrogens with one attached hydrogen (secondary N) is 1. The summed E-state index contributed by atoms with van der Waals surface area (Å²) in [6.07, 6.45) is 9.45. The highest BCUT2D eigenvalue weighted by Gasteiger charge is 2.40. The predicted molar refractivity (Wildman–Crippen MR) is 64.7 cm³/mol. The van der Waals surface area contributed by atoms with Gasteiger partial charge >= 0.3 is 0 Å². The Hall–Kier alpha value is -0.210. The maximum absolute atomic E-state index is 3.71. The second-order valence-electron chi connectivity index (χ2n) is 4.16. The van der Waals surface area contributed by atoms with Crippen LogP contribution in [0, 0.1) is 11.8 Å². The zero-order chi connectivity index (χ0) is 9.80. The Kier molecular flexibility index (Phi) is 3.71. The highest BCUT2D eigenvalue weighted by Crippen LogP contribution is 2.42. The van der Waals surface area contributed by atoms with Gasteiger partial charge in [-0.2, -0.15) is 11.8 Å². The highest BCUT2D eigenvalue weighted by atomic mass is 32.2. The van der Waals surface area contributed by atoms with Gasteiger partial charge in [-0.25, -0.2) is 0 Å². The molecule has 0 aromatic heterocycles. The van der Waals surface area contributed by atoms with E-state index in [9.17, 15) is 0 Å². The van der Waals surface area contributed by atoms with Gasteiger partial charge in [-0.05, 0) is 24.7 Å². The van der Waals surface area contributed by atoms with Crippen molar-refractivity contribution < 1.29 is 0 Å². The summed E-state index contributed by atoms with van der Waals surface area (Å²) in [5.74, 6) is 4.13. The topological polar surface area (TPSA) is 12.0 Å². The van der Waals surface area contributed by atoms with Crippen molar-refractivity contribution in [2.75, 3.05) is 18.1 Å². The van der Waals surface area contributed by atoms with Gasteiger partial charge in [-0.1, -0.05) is 18.2 Å². The minimum absolute atomic E-state index is 0.781. The minimum atomic E-state index is 0.781. The van der Waals surface area contributed by atoms with Gasteiger partial charge < -0.3 is 5.32 Å². The van der Waals surface area contributed by atoms with Crippen LogP contribution in [-0.4, -0.2) is 24.1 Å². The normalized spacial score (nSPS) is 33.9. The van der Waals surface area contributed by atoms with E-state index >= 15 is 0 Å². The average molecular weight is 209 g/mol. The Morgan fingerprint density at radius 3 is 3.29 bits per heavy atom. The molecular formula is C12H19NS. The Balaban J connectivity index is 1.54. The van der Waals surface area contributed by atoms with Crippen molar-refractivity contribution in [1.82, 2.24) is 5.32 Å². The van der Waals surface area contributed by atoms with E-state index in [1.54, 1.807) is 0 Å². The fourth-order valence-electron chi connectivity index (χ4n) is 2.43. The Labute approximate surface area is 91.0 Å². The van der Waals surface area contributed by atoms with Crippen LogP contribution < -0.4 is 5.32 Å². The second-order valence-corrected chi connectivity index (χ2v) is 5.31. The van der Waals surface area contributed by atoms with Gasteiger partial charge in [0.15, 0.2) is 0 Å². The third-order valence-corrected chi connectivity index (χ3v) is 4.22. The molecule has 2 heteroatoms. The second kappa shape index (κ2) is 5.04. The van der Waals surface area contributed by atoms with Crippen LogP contribution in [0.1, 0.15) is 12.8 Å². The molecule has 0 spiro atoms. The molecule has 1 N–H and O–H groups in total. The number of fused-ring (bicyclic) bond motifs is 1. The van der Waals surface area contributed by atoms with Gasteiger partial charge in [-0.15, -0.1) is 6.58 Å². The van der Waals surface area contributed by atoms with Gasteiger partial charge in [0.25, 0.3) is 0 Å². The summed E-state index contributed by atoms with van der Waals surface area (Å²) >= 11 is 1.96. The smallest absolute Gasteiger partial charge is 0.0136 e. The van der Waals surface area contributed by atoms with Gasteiger partial charge in [0.05, 0.1) is 0 Å². The third kappa shape index (κ3) is 2.23. The molecule has 1 fully saturated rings. The molecule has 14 heavy (non-hydrogen) atoms. The van der Waals surface area contributed by atoms with E-state index in [4.69, 9.17) is 0 Å². The van der Waals surface area contributed by atoms with E-state index in [1.165, 1.54) is 18.6 Å². The van der Waals surface area contributed by atoms with Gasteiger partial charge in [0.1, 0.15) is 0 Å². The van der Waals surface area contributed by atoms with Crippen LogP contribution >= 0.6 is 11.8 Å². The molecule has 2 aliphatic carbocycles. The molecule has 0 aromatic carbocycles. The first kappa shape index (κ1) is 10.3. The summed E-state index contributed by atoms with van der Waals surface area (Å²) in [6.45, 7) is 4.87. The van der Waals surface area contributed by atoms with Gasteiger partial charge in [0.2, 0.25) is 0 Å². The van der Waals surface area contributed by atoms with E-state index in [-0.39, 0.29) is 0 Å². The molecule has 2 aliphatic rings. The zero-order valence-electron chi connectivity index (χ0n) is 8.61. The molecule has 1 nitrogen and oxygen atoms in total. The summed E-state index contributed by atoms with van der Waals surface area (Å²) < 4.78 is 0. The Morgan fingerprint density at radius 2 is 2.50 bits per heavy atom. The molecular weight excluding hydrogens is 190 g/mol. The fourth-order valence-corrected chi connectivity index (χ4v) is 3.03. The molecule has 0 aromatic rings. The molecule has 2 rings (SSSR count). The van der Waals surface area contributed by atoms with E-state index < -0.39 is 0 Å². The lowest BCUT2D eigenvalue weighted by Gasteiger charge is -2.40. The van der Waals surface area contributed by atoms with Crippen LogP contribution in [0.2, 0.25) is 0 Å². The summed E-state index contributed by atoms with van der Waals surface area (Å²) in [7, 11) is 0. The van der Waals surface area contributed by atoms with E-state index in [0.717, 1.165) is 30.2 Å². The van der Waals surface area contributed by atoms with Crippen molar-refractivity contribution in [3.8, 4) is 0 Å². The lowest BCUT2D eigenvalue weighted by atomic mass is 9.71. The maximum atomic E-state index is 3.71. The summed E-state index contributed by atoms with van der Waals surface area (Å²) in [4.78, 5) is 0. The SMILES string of the molecule is C=CCSCCNC1CC2CC=CC21. The van der Waals surface area contributed by atoms with Crippen LogP contribution in [-0.2, 0) is 0 Å². The minimum Gasteiger partial charge on any atom is -0.313 e. The van der Waals surface area contributed by atoms with Crippen molar-refractivity contribution in [1.29, 1.82) is 0 Å². The lowest BCUT2D eigenvalue weighted by molar-refractivity contribution is 0.166. The molecule has 3 unspecified atom stereocenters. The van der Waals surface area contributed by atoms with Crippen LogP contribution in [0.5, 0.6) is 0 Å². The van der Waals surface area contributed by atoms with Crippen LogP contribution in [0.3, 0.4) is 0 Å². The highest BCUT2D eigenvalue weighted by molar-refractivity contribution is 7.99. The van der Waals surface area contributed by atoms with Crippen molar-refractivity contribution in [3.63, 3.8) is 0 Å². The summed E-state index contributed by atoms with van der Waals surface area (Å²) in [5, 5.41) is 3.64. The summed E-state index contributed by atoms with van der Waals surface area (Å²) in [5.41, 5.74) is 0. The van der Waals surface area contributed by atoms with E-state index in [1.807, 2.05) is 17.8 Å². The van der Waals surface area contributed by atoms with E-state index in [2.05, 4.69) is 24.0 Å². The van der Waals surface area contributed by atoms with Crippen LogP contribution in [0.15, 0.2) is 24.8 Å². The number of hydrogen-bond donors (Lipinski definition) is 1. The van der Waals surface area contributed by atoms with Crippen molar-refractivity contribution in [2.24, 2.45) is 11.8 Å². The standard InChI is InChI=1S/C12H19NS/c1-2-7-14-8-6-13-12-9-10-4-3-5-11(10)12/h2-3,5,10-13H,1,4,6-9H2. The largest absolute Gasteiger partial charge is 0.313 e. The van der Waals surface area contributed by atoms with Gasteiger partial charge in [-0.3, -0.25) is 0 Å². The van der Waals surface area contributed by atoms with Crippen LogP contribution in [0.4, 0.5) is 0 Å². The lowest BCUT2D eigenvalue weighted by Crippen LogP contribution is -2.48. The van der Waals surface area contributed by atoms with Gasteiger partial charge in [0, 0.05) is 24.1 Å². The molecule has 78 valence electrons. The molecule has 3 atom stereocenters. The predicted octanol–water partition coefficient (Wildman–Crippen LogP) is 2.46. The molecule has 0 amide bonds. The molecule has 0 radical (unpaired) electrons. The van der Waals surface area contributed by atoms with Crippen molar-refractivity contribution in [3.05, 3.63) is 24.8 Å². The number of allylic oxidation sites excluding steroid dienone is 1. The third-order valence-electron chi connectivity index (χ3n) is 3.25. The average Bonchev–Trinajstić information content (AvgIpc) is 2.53. The Morgan fingerprint density at radius 1 is 1.57 bits per heavy atom. The monoisotopic (exact) mass is 209 g/mol. The number of hydrogen-bond acceptors (Lipinski definition) is 2. The molecule has 1 saturated carbocycles. The summed E-state index contributed by atoms with van der Waals surface area (Å²) in [6, 6.07) is 0.781. The van der Waals surface area contributed by atoms with Crippen LogP contribution in [0.25, 0.3) is 0 Å². The first-order valence-corrected chi connectivity index (χ1v) is 6.66. The molecule has 0 aliphatic heterocycles.